The SMILES string of the molecule is CN1C(=O)[C@]2(Cl)C[C@@H]3C(=CC[C@@H]4C(=O)N(Cc5ccccc5)C(=O)[C@@H]43)[C@H](c3ccc(OCCO)cc3)[C@]2(Cl)C1=O. The van der Waals surface area contributed by atoms with Gasteiger partial charge in [0.05, 0.1) is 25.0 Å². The molecule has 3 fully saturated rings. The molecule has 0 aromatic heterocycles. The van der Waals surface area contributed by atoms with Crippen molar-refractivity contribution in [1.29, 1.82) is 0 Å². The number of imide groups is 2. The summed E-state index contributed by atoms with van der Waals surface area (Å²) in [6.07, 6.45) is 2.20. The van der Waals surface area contributed by atoms with Gasteiger partial charge in [0.2, 0.25) is 11.8 Å². The van der Waals surface area contributed by atoms with Gasteiger partial charge in [0.25, 0.3) is 11.8 Å². The number of likely N-dealkylation sites (tertiary alicyclic amines) is 2. The third-order valence-corrected chi connectivity index (χ3v) is 10.3. The number of fused-ring (bicyclic) bond motifs is 4. The Kier molecular flexibility index (Phi) is 6.56. The average Bonchev–Trinajstić information content (AvgIpc) is 3.27. The molecule has 1 saturated carbocycles. The summed E-state index contributed by atoms with van der Waals surface area (Å²) in [7, 11) is 1.37. The minimum atomic E-state index is -1.82. The summed E-state index contributed by atoms with van der Waals surface area (Å²) < 4.78 is 5.49. The highest BCUT2D eigenvalue weighted by Crippen LogP contribution is 2.65. The lowest BCUT2D eigenvalue weighted by molar-refractivity contribution is -0.141. The third kappa shape index (κ3) is 3.69. The standard InChI is InChI=1S/C30H28Cl2N2O6/c1-33-27(38)29(31)15-22-20(24(30(29,32)28(33)39)18-7-9-19(10-8-18)40-14-13-35)11-12-21-23(22)26(37)34(25(21)36)16-17-5-3-2-4-6-17/h2-11,21-24,35H,12-16H2,1H3/t21-,22+,23-,24-,29+,30-/m0/s1. The van der Waals surface area contributed by atoms with Crippen LogP contribution < -0.4 is 4.74 Å². The minimum absolute atomic E-state index is 0.0354. The van der Waals surface area contributed by atoms with Gasteiger partial charge >= 0.3 is 0 Å². The average molecular weight is 583 g/mol. The Morgan fingerprint density at radius 1 is 0.950 bits per heavy atom. The number of benzene rings is 2. The fraction of sp³-hybridized carbons (Fsp3) is 0.400. The second-order valence-corrected chi connectivity index (χ2v) is 12.1. The molecule has 2 aromatic rings. The third-order valence-electron chi connectivity index (χ3n) is 8.86. The van der Waals surface area contributed by atoms with E-state index in [0.717, 1.165) is 16.0 Å². The van der Waals surface area contributed by atoms with E-state index in [2.05, 4.69) is 0 Å². The van der Waals surface area contributed by atoms with Gasteiger partial charge in [-0.25, -0.2) is 0 Å². The van der Waals surface area contributed by atoms with Crippen LogP contribution in [0.15, 0.2) is 66.2 Å². The zero-order valence-electron chi connectivity index (χ0n) is 21.8. The number of ether oxygens (including phenoxy) is 1. The van der Waals surface area contributed by atoms with Crippen LogP contribution in [0.2, 0.25) is 0 Å². The second-order valence-electron chi connectivity index (χ2n) is 10.9. The van der Waals surface area contributed by atoms with E-state index in [1.165, 1.54) is 11.9 Å². The minimum Gasteiger partial charge on any atom is -0.491 e. The van der Waals surface area contributed by atoms with Crippen LogP contribution in [0.5, 0.6) is 5.75 Å². The maximum Gasteiger partial charge on any atom is 0.253 e. The van der Waals surface area contributed by atoms with Crippen LogP contribution in [0.1, 0.15) is 29.9 Å². The number of nitrogens with zero attached hydrogens (tertiary/aromatic N) is 2. The number of aliphatic hydroxyl groups is 1. The molecule has 2 aliphatic carbocycles. The molecule has 6 atom stereocenters. The first-order valence-corrected chi connectivity index (χ1v) is 14.0. The van der Waals surface area contributed by atoms with Gasteiger partial charge in [-0.05, 0) is 42.0 Å². The first kappa shape index (κ1) is 27.0. The predicted octanol–water partition coefficient (Wildman–Crippen LogP) is 3.25. The fourth-order valence-electron chi connectivity index (χ4n) is 7.02. The largest absolute Gasteiger partial charge is 0.491 e. The van der Waals surface area contributed by atoms with Crippen molar-refractivity contribution >= 4 is 46.8 Å². The van der Waals surface area contributed by atoms with Gasteiger partial charge < -0.3 is 9.84 Å². The number of allylic oxidation sites excluding steroid dienone is 2. The van der Waals surface area contributed by atoms with Gasteiger partial charge in [-0.1, -0.05) is 54.1 Å². The predicted molar refractivity (Wildman–Crippen MR) is 146 cm³/mol. The summed E-state index contributed by atoms with van der Waals surface area (Å²) in [5, 5.41) is 9.08. The summed E-state index contributed by atoms with van der Waals surface area (Å²) in [4.78, 5) is 53.2. The summed E-state index contributed by atoms with van der Waals surface area (Å²) in [6.45, 7) is 0.145. The van der Waals surface area contributed by atoms with Crippen LogP contribution >= 0.6 is 23.2 Å². The number of alkyl halides is 2. The van der Waals surface area contributed by atoms with Crippen LogP contribution in [-0.4, -0.2) is 68.5 Å². The number of hydrogen-bond donors (Lipinski definition) is 1. The smallest absolute Gasteiger partial charge is 0.253 e. The molecule has 4 amide bonds. The summed E-state index contributed by atoms with van der Waals surface area (Å²) >= 11 is 14.4. The number of halogens is 2. The number of rotatable bonds is 6. The van der Waals surface area contributed by atoms with Crippen LogP contribution in [0.3, 0.4) is 0 Å². The lowest BCUT2D eigenvalue weighted by Crippen LogP contribution is -2.60. The molecule has 0 unspecified atom stereocenters. The van der Waals surface area contributed by atoms with E-state index in [-0.39, 0.29) is 38.0 Å². The molecule has 40 heavy (non-hydrogen) atoms. The number of amides is 4. The van der Waals surface area contributed by atoms with Crippen molar-refractivity contribution in [3.05, 3.63) is 77.4 Å². The molecule has 6 rings (SSSR count). The van der Waals surface area contributed by atoms with E-state index >= 15 is 0 Å². The Hall–Kier alpha value is -3.20. The van der Waals surface area contributed by atoms with Crippen LogP contribution in [0, 0.1) is 17.8 Å². The number of carbonyl (C=O) groups is 4. The van der Waals surface area contributed by atoms with Gasteiger partial charge in [0.15, 0.2) is 9.75 Å². The quantitative estimate of drug-likeness (QED) is 0.318. The van der Waals surface area contributed by atoms with E-state index in [1.54, 1.807) is 24.3 Å². The monoisotopic (exact) mass is 582 g/mol. The van der Waals surface area contributed by atoms with Crippen LogP contribution in [0.4, 0.5) is 0 Å². The highest BCUT2D eigenvalue weighted by molar-refractivity contribution is 6.53. The molecular weight excluding hydrogens is 555 g/mol. The van der Waals surface area contributed by atoms with Crippen molar-refractivity contribution in [3.8, 4) is 5.75 Å². The van der Waals surface area contributed by atoms with Crippen molar-refractivity contribution in [3.63, 3.8) is 0 Å². The van der Waals surface area contributed by atoms with E-state index in [1.807, 2.05) is 36.4 Å². The van der Waals surface area contributed by atoms with Gasteiger partial charge in [0.1, 0.15) is 12.4 Å². The fourth-order valence-corrected chi connectivity index (χ4v) is 8.04. The van der Waals surface area contributed by atoms with Crippen molar-refractivity contribution < 1.29 is 29.0 Å². The van der Waals surface area contributed by atoms with Crippen molar-refractivity contribution in [2.24, 2.45) is 17.8 Å². The highest BCUT2D eigenvalue weighted by Gasteiger charge is 2.75. The molecule has 2 saturated heterocycles. The Bertz CT molecular complexity index is 1430. The molecule has 2 aromatic carbocycles. The Balaban J connectivity index is 1.43. The van der Waals surface area contributed by atoms with Gasteiger partial charge in [-0.2, -0.15) is 0 Å². The maximum absolute atomic E-state index is 13.9. The summed E-state index contributed by atoms with van der Waals surface area (Å²) in [6, 6.07) is 16.2. The van der Waals surface area contributed by atoms with Gasteiger partial charge in [-0.3, -0.25) is 29.0 Å². The molecule has 0 radical (unpaired) electrons. The van der Waals surface area contributed by atoms with Crippen LogP contribution in [-0.2, 0) is 25.7 Å². The molecule has 2 aliphatic heterocycles. The normalized spacial score (nSPS) is 33.0. The zero-order chi connectivity index (χ0) is 28.4. The molecule has 10 heteroatoms. The van der Waals surface area contributed by atoms with Crippen molar-refractivity contribution in [2.75, 3.05) is 20.3 Å². The van der Waals surface area contributed by atoms with Crippen LogP contribution in [0.25, 0.3) is 0 Å². The Morgan fingerprint density at radius 3 is 2.33 bits per heavy atom. The number of carbonyl (C=O) groups excluding carboxylic acids is 4. The topological polar surface area (TPSA) is 104 Å². The summed E-state index contributed by atoms with van der Waals surface area (Å²) in [5.74, 6) is -3.89. The Morgan fingerprint density at radius 2 is 1.65 bits per heavy atom. The number of hydrogen-bond acceptors (Lipinski definition) is 6. The second kappa shape index (κ2) is 9.72. The first-order valence-electron chi connectivity index (χ1n) is 13.3. The van der Waals surface area contributed by atoms with Crippen molar-refractivity contribution in [1.82, 2.24) is 9.80 Å². The lowest BCUT2D eigenvalue weighted by atomic mass is 9.56. The molecular formula is C30H28Cl2N2O6. The molecule has 1 N–H and O–H groups in total. The summed E-state index contributed by atoms with van der Waals surface area (Å²) in [5.41, 5.74) is 2.23. The lowest BCUT2D eigenvalue weighted by Gasteiger charge is -2.50. The molecule has 4 aliphatic rings. The van der Waals surface area contributed by atoms with E-state index < -0.39 is 45.2 Å². The molecule has 2 heterocycles. The number of aliphatic hydroxyl groups excluding tert-OH is 1. The molecule has 0 bridgehead atoms. The molecule has 8 nitrogen and oxygen atoms in total. The maximum atomic E-state index is 13.9. The van der Waals surface area contributed by atoms with E-state index in [0.29, 0.717) is 17.7 Å². The van der Waals surface area contributed by atoms with Gasteiger partial charge in [0, 0.05) is 13.0 Å². The van der Waals surface area contributed by atoms with Crippen molar-refractivity contribution in [2.45, 2.75) is 35.1 Å². The van der Waals surface area contributed by atoms with Gasteiger partial charge in [-0.15, -0.1) is 23.2 Å². The first-order chi connectivity index (χ1) is 19.1. The Labute approximate surface area is 241 Å². The molecule has 0 spiro atoms. The van der Waals surface area contributed by atoms with E-state index in [9.17, 15) is 19.2 Å². The molecule has 208 valence electrons. The zero-order valence-corrected chi connectivity index (χ0v) is 23.3. The van der Waals surface area contributed by atoms with E-state index in [4.69, 9.17) is 33.0 Å². The highest BCUT2D eigenvalue weighted by atomic mass is 35.5.